The zero-order valence-corrected chi connectivity index (χ0v) is 17.1. The van der Waals surface area contributed by atoms with E-state index in [9.17, 15) is 22.4 Å². The lowest BCUT2D eigenvalue weighted by Crippen LogP contribution is -2.50. The maximum Gasteiger partial charge on any atom is 0.279 e. The Hall–Kier alpha value is -2.69. The van der Waals surface area contributed by atoms with Crippen molar-refractivity contribution in [2.75, 3.05) is 13.6 Å². The van der Waals surface area contributed by atoms with Crippen LogP contribution >= 0.6 is 11.6 Å². The fourth-order valence-corrected chi connectivity index (χ4v) is 3.37. The highest BCUT2D eigenvalue weighted by molar-refractivity contribution is 7.89. The summed E-state index contributed by atoms with van der Waals surface area (Å²) in [4.78, 5) is 23.9. The third kappa shape index (κ3) is 6.41. The normalized spacial score (nSPS) is 12.3. The molecule has 1 atom stereocenters. The van der Waals surface area contributed by atoms with Crippen molar-refractivity contribution in [1.82, 2.24) is 15.2 Å². The van der Waals surface area contributed by atoms with Gasteiger partial charge in [0.1, 0.15) is 11.6 Å². The van der Waals surface area contributed by atoms with Crippen molar-refractivity contribution in [3.05, 3.63) is 59.4 Å². The molecule has 0 bridgehead atoms. The van der Waals surface area contributed by atoms with Crippen molar-refractivity contribution in [2.24, 2.45) is 0 Å². The van der Waals surface area contributed by atoms with Gasteiger partial charge in [-0.25, -0.2) is 12.8 Å². The van der Waals surface area contributed by atoms with E-state index in [1.54, 1.807) is 0 Å². The molecule has 0 radical (unpaired) electrons. The predicted octanol–water partition coefficient (Wildman–Crippen LogP) is 1.71. The van der Waals surface area contributed by atoms with Crippen LogP contribution in [0.25, 0.3) is 0 Å². The van der Waals surface area contributed by atoms with E-state index >= 15 is 0 Å². The van der Waals surface area contributed by atoms with Crippen LogP contribution in [0.4, 0.5) is 4.39 Å². The first kappa shape index (κ1) is 22.6. The van der Waals surface area contributed by atoms with E-state index in [4.69, 9.17) is 16.3 Å². The standard InChI is InChI=1S/C18H19ClFN3O5S/c1-12(28-15-7-5-14(20)6-8-15)18(25)22-21-17(24)11-23(2)29(26,27)16-9-3-13(19)4-10-16/h3-10,12H,11H2,1-2H3,(H,21,24)(H,22,25). The molecule has 0 spiro atoms. The SMILES string of the molecule is CC(Oc1ccc(F)cc1)C(=O)NNC(=O)CN(C)S(=O)(=O)c1ccc(Cl)cc1. The van der Waals surface area contributed by atoms with E-state index in [1.165, 1.54) is 62.5 Å². The number of nitrogens with one attached hydrogen (secondary N) is 2. The Labute approximate surface area is 172 Å². The average molecular weight is 444 g/mol. The second-order valence-corrected chi connectivity index (χ2v) is 8.45. The summed E-state index contributed by atoms with van der Waals surface area (Å²) in [5.74, 6) is -1.60. The van der Waals surface area contributed by atoms with Crippen LogP contribution in [-0.2, 0) is 19.6 Å². The van der Waals surface area contributed by atoms with E-state index in [0.717, 1.165) is 4.31 Å². The molecule has 2 aromatic carbocycles. The summed E-state index contributed by atoms with van der Waals surface area (Å²) in [5.41, 5.74) is 4.26. The van der Waals surface area contributed by atoms with Gasteiger partial charge in [-0.1, -0.05) is 11.6 Å². The minimum absolute atomic E-state index is 0.0254. The third-order valence-corrected chi connectivity index (χ3v) is 5.78. The van der Waals surface area contributed by atoms with E-state index in [1.807, 2.05) is 0 Å². The molecule has 8 nitrogen and oxygen atoms in total. The number of carbonyl (C=O) groups is 2. The fraction of sp³-hybridized carbons (Fsp3) is 0.222. The van der Waals surface area contributed by atoms with Gasteiger partial charge in [0.15, 0.2) is 6.10 Å². The molecule has 2 amide bonds. The smallest absolute Gasteiger partial charge is 0.279 e. The van der Waals surface area contributed by atoms with E-state index in [0.29, 0.717) is 5.02 Å². The average Bonchev–Trinajstić information content (AvgIpc) is 2.68. The van der Waals surface area contributed by atoms with Crippen LogP contribution in [0.2, 0.25) is 5.02 Å². The molecule has 156 valence electrons. The van der Waals surface area contributed by atoms with Gasteiger partial charge in [0.2, 0.25) is 10.0 Å². The number of likely N-dealkylation sites (N-methyl/N-ethyl adjacent to an activating group) is 1. The molecule has 0 saturated carbocycles. The molecule has 0 saturated heterocycles. The van der Waals surface area contributed by atoms with Crippen molar-refractivity contribution < 1.29 is 27.1 Å². The first-order chi connectivity index (χ1) is 13.6. The molecular formula is C18H19ClFN3O5S. The number of carbonyl (C=O) groups excluding carboxylic acids is 2. The Morgan fingerprint density at radius 3 is 2.28 bits per heavy atom. The molecule has 0 fully saturated rings. The highest BCUT2D eigenvalue weighted by Gasteiger charge is 2.23. The zero-order valence-electron chi connectivity index (χ0n) is 15.6. The Kier molecular flexibility index (Phi) is 7.54. The zero-order chi connectivity index (χ0) is 21.6. The Balaban J connectivity index is 1.85. The Bertz CT molecular complexity index is 968. The molecule has 11 heteroatoms. The summed E-state index contributed by atoms with van der Waals surface area (Å²) >= 11 is 5.74. The van der Waals surface area contributed by atoms with Gasteiger partial charge in [-0.3, -0.25) is 20.4 Å². The van der Waals surface area contributed by atoms with Crippen molar-refractivity contribution in [3.8, 4) is 5.75 Å². The Morgan fingerprint density at radius 2 is 1.69 bits per heavy atom. The van der Waals surface area contributed by atoms with Crippen molar-refractivity contribution in [1.29, 1.82) is 0 Å². The number of hydrazine groups is 1. The van der Waals surface area contributed by atoms with Gasteiger partial charge < -0.3 is 4.74 Å². The number of nitrogens with zero attached hydrogens (tertiary/aromatic N) is 1. The van der Waals surface area contributed by atoms with Gasteiger partial charge in [0, 0.05) is 12.1 Å². The summed E-state index contributed by atoms with van der Waals surface area (Å²) in [6.45, 7) is 0.903. The third-order valence-electron chi connectivity index (χ3n) is 3.71. The number of halogens is 2. The molecule has 0 aliphatic carbocycles. The van der Waals surface area contributed by atoms with Gasteiger partial charge in [-0.2, -0.15) is 4.31 Å². The topological polar surface area (TPSA) is 105 Å². The number of hydrogen-bond acceptors (Lipinski definition) is 5. The second kappa shape index (κ2) is 9.68. The molecule has 0 heterocycles. The number of amides is 2. The van der Waals surface area contributed by atoms with Crippen molar-refractivity contribution in [2.45, 2.75) is 17.9 Å². The summed E-state index contributed by atoms with van der Waals surface area (Å²) < 4.78 is 43.9. The highest BCUT2D eigenvalue weighted by atomic mass is 35.5. The summed E-state index contributed by atoms with van der Waals surface area (Å²) in [7, 11) is -2.68. The van der Waals surface area contributed by atoms with Crippen LogP contribution in [0, 0.1) is 5.82 Å². The van der Waals surface area contributed by atoms with Crippen LogP contribution in [-0.4, -0.2) is 44.2 Å². The van der Waals surface area contributed by atoms with Gasteiger partial charge in [-0.15, -0.1) is 0 Å². The van der Waals surface area contributed by atoms with Crippen LogP contribution in [0.15, 0.2) is 53.4 Å². The van der Waals surface area contributed by atoms with Crippen molar-refractivity contribution >= 4 is 33.4 Å². The van der Waals surface area contributed by atoms with Crippen LogP contribution in [0.1, 0.15) is 6.92 Å². The summed E-state index contributed by atoms with van der Waals surface area (Å²) in [6.07, 6.45) is -0.990. The monoisotopic (exact) mass is 443 g/mol. The number of ether oxygens (including phenoxy) is 1. The highest BCUT2D eigenvalue weighted by Crippen LogP contribution is 2.17. The molecule has 0 aliphatic rings. The van der Waals surface area contributed by atoms with Crippen LogP contribution in [0.5, 0.6) is 5.75 Å². The molecule has 29 heavy (non-hydrogen) atoms. The number of rotatable bonds is 7. The maximum atomic E-state index is 12.9. The minimum atomic E-state index is -3.90. The Morgan fingerprint density at radius 1 is 1.10 bits per heavy atom. The predicted molar refractivity (Wildman–Crippen MR) is 104 cm³/mol. The minimum Gasteiger partial charge on any atom is -0.481 e. The summed E-state index contributed by atoms with van der Waals surface area (Å²) in [5, 5.41) is 0.379. The molecule has 2 N–H and O–H groups in total. The summed E-state index contributed by atoms with van der Waals surface area (Å²) in [6, 6.07) is 10.6. The van der Waals surface area contributed by atoms with E-state index in [2.05, 4.69) is 10.9 Å². The van der Waals surface area contributed by atoms with Gasteiger partial charge in [0.05, 0.1) is 11.4 Å². The van der Waals surface area contributed by atoms with Gasteiger partial charge in [-0.05, 0) is 55.5 Å². The lowest BCUT2D eigenvalue weighted by Gasteiger charge is -2.18. The van der Waals surface area contributed by atoms with Crippen LogP contribution < -0.4 is 15.6 Å². The maximum absolute atomic E-state index is 12.9. The fourth-order valence-electron chi connectivity index (χ4n) is 2.12. The van der Waals surface area contributed by atoms with E-state index in [-0.39, 0.29) is 10.6 Å². The largest absolute Gasteiger partial charge is 0.481 e. The van der Waals surface area contributed by atoms with E-state index < -0.39 is 40.3 Å². The number of hydrogen-bond donors (Lipinski definition) is 2. The number of benzene rings is 2. The molecule has 2 aromatic rings. The quantitative estimate of drug-likeness (QED) is 0.634. The number of sulfonamides is 1. The molecule has 1 unspecified atom stereocenters. The van der Waals surface area contributed by atoms with Gasteiger partial charge in [0.25, 0.3) is 11.8 Å². The van der Waals surface area contributed by atoms with Crippen molar-refractivity contribution in [3.63, 3.8) is 0 Å². The molecule has 2 rings (SSSR count). The first-order valence-electron chi connectivity index (χ1n) is 8.32. The lowest BCUT2D eigenvalue weighted by molar-refractivity contribution is -0.132. The molecular weight excluding hydrogens is 425 g/mol. The van der Waals surface area contributed by atoms with Gasteiger partial charge >= 0.3 is 0 Å². The second-order valence-electron chi connectivity index (χ2n) is 5.97. The molecule has 0 aliphatic heterocycles. The molecule has 0 aromatic heterocycles. The first-order valence-corrected chi connectivity index (χ1v) is 10.1. The van der Waals surface area contributed by atoms with Crippen LogP contribution in [0.3, 0.4) is 0 Å². The lowest BCUT2D eigenvalue weighted by atomic mass is 10.3.